The van der Waals surface area contributed by atoms with Crippen molar-refractivity contribution in [2.75, 3.05) is 13.7 Å². The average molecular weight is 523 g/mol. The lowest BCUT2D eigenvalue weighted by Gasteiger charge is -2.63. The van der Waals surface area contributed by atoms with E-state index in [4.69, 9.17) is 4.74 Å². The van der Waals surface area contributed by atoms with Crippen LogP contribution in [0.2, 0.25) is 0 Å². The molecule has 9 atom stereocenters. The zero-order chi connectivity index (χ0) is 27.6. The van der Waals surface area contributed by atoms with Gasteiger partial charge in [0.1, 0.15) is 6.61 Å². The van der Waals surface area contributed by atoms with Crippen molar-refractivity contribution in [1.82, 2.24) is 0 Å². The molecule has 204 valence electrons. The third-order valence-electron chi connectivity index (χ3n) is 9.80. The van der Waals surface area contributed by atoms with Gasteiger partial charge in [-0.1, -0.05) is 19.9 Å². The molecule has 3 fully saturated rings. The predicted octanol–water partition coefficient (Wildman–Crippen LogP) is 1.37. The number of carbonyl (C=O) groups is 4. The number of methoxy groups -OCH3 is 1. The van der Waals surface area contributed by atoms with E-state index in [9.17, 15) is 34.5 Å². The van der Waals surface area contributed by atoms with Gasteiger partial charge in [-0.15, -0.1) is 0 Å². The van der Waals surface area contributed by atoms with Crippen molar-refractivity contribution >= 4 is 23.5 Å². The van der Waals surface area contributed by atoms with Gasteiger partial charge >= 0.3 is 11.9 Å². The molecular formula is C27H35FO9. The molecule has 9 nitrogen and oxygen atoms in total. The van der Waals surface area contributed by atoms with Crippen LogP contribution in [0.3, 0.4) is 0 Å². The minimum absolute atomic E-state index is 0.0945. The first-order valence-corrected chi connectivity index (χ1v) is 12.7. The fraction of sp³-hybridized carbons (Fsp3) is 0.704. The number of halogens is 1. The SMILES string of the molecule is COC(=O)CCC(=O)O[C@]1(C(=O)CO)[C@@H](C)C[C@H]2[C@@H]3C[C@@H](O)C4=CC(=O)C=C[C@]4(C)[C@@]3(F)[C@@H](O)C[C@@]21C. The summed E-state index contributed by atoms with van der Waals surface area (Å²) in [4.78, 5) is 49.8. The highest BCUT2D eigenvalue weighted by molar-refractivity contribution is 6.01. The lowest BCUT2D eigenvalue weighted by atomic mass is 9.44. The van der Waals surface area contributed by atoms with Crippen molar-refractivity contribution < 1.29 is 48.4 Å². The van der Waals surface area contributed by atoms with Crippen LogP contribution in [0.5, 0.6) is 0 Å². The number of ether oxygens (including phenoxy) is 2. The number of aliphatic hydroxyl groups is 3. The summed E-state index contributed by atoms with van der Waals surface area (Å²) in [6.45, 7) is 3.96. The number of Topliss-reactive ketones (excluding diaryl/α,β-unsaturated/α-hetero) is 1. The molecule has 0 bridgehead atoms. The van der Waals surface area contributed by atoms with Gasteiger partial charge in [0.25, 0.3) is 0 Å². The van der Waals surface area contributed by atoms with E-state index in [1.807, 2.05) is 0 Å². The summed E-state index contributed by atoms with van der Waals surface area (Å²) in [5.41, 5.74) is -6.68. The second-order valence-electron chi connectivity index (χ2n) is 11.4. The molecule has 37 heavy (non-hydrogen) atoms. The average Bonchev–Trinajstić information content (AvgIpc) is 3.07. The van der Waals surface area contributed by atoms with Crippen molar-refractivity contribution in [3.05, 3.63) is 23.8 Å². The first kappa shape index (κ1) is 27.6. The summed E-state index contributed by atoms with van der Waals surface area (Å²) < 4.78 is 27.8. The number of ketones is 2. The van der Waals surface area contributed by atoms with Crippen LogP contribution in [0, 0.1) is 28.6 Å². The van der Waals surface area contributed by atoms with Crippen molar-refractivity contribution in [3.8, 4) is 0 Å². The number of fused-ring (bicyclic) bond motifs is 5. The molecule has 0 unspecified atom stereocenters. The third-order valence-corrected chi connectivity index (χ3v) is 9.80. The maximum Gasteiger partial charge on any atom is 0.307 e. The summed E-state index contributed by atoms with van der Waals surface area (Å²) in [5.74, 6) is -4.82. The van der Waals surface area contributed by atoms with E-state index in [0.29, 0.717) is 0 Å². The summed E-state index contributed by atoms with van der Waals surface area (Å²) in [5, 5.41) is 32.4. The molecule has 0 aliphatic heterocycles. The van der Waals surface area contributed by atoms with Crippen LogP contribution in [0.15, 0.2) is 23.8 Å². The topological polar surface area (TPSA) is 147 Å². The van der Waals surface area contributed by atoms with Crippen molar-refractivity contribution in [2.45, 2.75) is 76.4 Å². The molecule has 0 heterocycles. The van der Waals surface area contributed by atoms with Crippen molar-refractivity contribution in [2.24, 2.45) is 28.6 Å². The molecule has 0 aromatic rings. The summed E-state index contributed by atoms with van der Waals surface area (Å²) in [6, 6.07) is 0. The molecule has 0 amide bonds. The molecule has 3 saturated carbocycles. The Kier molecular flexibility index (Phi) is 6.79. The van der Waals surface area contributed by atoms with E-state index < -0.39 is 76.4 Å². The van der Waals surface area contributed by atoms with Crippen LogP contribution in [-0.4, -0.2) is 76.0 Å². The number of esters is 2. The molecule has 0 radical (unpaired) electrons. The first-order valence-electron chi connectivity index (χ1n) is 12.7. The summed E-state index contributed by atoms with van der Waals surface area (Å²) in [7, 11) is 1.18. The zero-order valence-electron chi connectivity index (χ0n) is 21.5. The predicted molar refractivity (Wildman–Crippen MR) is 126 cm³/mol. The van der Waals surface area contributed by atoms with Gasteiger partial charge in [-0.05, 0) is 49.8 Å². The van der Waals surface area contributed by atoms with E-state index in [-0.39, 0.29) is 43.5 Å². The van der Waals surface area contributed by atoms with E-state index in [2.05, 4.69) is 4.74 Å². The standard InChI is InChI=1S/C27H35FO9/c1-14-9-16-17-11-19(31)18-10-15(30)7-8-24(18,2)26(17,28)20(32)12-25(16,3)27(14,21(33)13-29)37-23(35)6-5-22(34)36-4/h7-8,10,14,16-17,19-20,29,31-32H,5-6,9,11-13H2,1-4H3/t14-,16-,17-,19+,20-,24-,25-,26-,27-/m0/s1. The van der Waals surface area contributed by atoms with Crippen LogP contribution in [0.1, 0.15) is 52.9 Å². The maximum atomic E-state index is 17.4. The molecule has 0 saturated heterocycles. The highest BCUT2D eigenvalue weighted by atomic mass is 19.1. The first-order chi connectivity index (χ1) is 17.2. The van der Waals surface area contributed by atoms with Crippen LogP contribution in [0.4, 0.5) is 4.39 Å². The summed E-state index contributed by atoms with van der Waals surface area (Å²) >= 11 is 0. The van der Waals surface area contributed by atoms with Gasteiger partial charge in [0.15, 0.2) is 17.1 Å². The molecule has 4 aliphatic rings. The molecule has 4 rings (SSSR count). The van der Waals surface area contributed by atoms with Gasteiger partial charge in [0.05, 0.1) is 32.2 Å². The molecule has 0 aromatic carbocycles. The highest BCUT2D eigenvalue weighted by Crippen LogP contribution is 2.71. The van der Waals surface area contributed by atoms with Gasteiger partial charge < -0.3 is 24.8 Å². The van der Waals surface area contributed by atoms with E-state index in [0.717, 1.165) is 0 Å². The highest BCUT2D eigenvalue weighted by Gasteiger charge is 2.77. The molecular weight excluding hydrogens is 487 g/mol. The lowest BCUT2D eigenvalue weighted by Crippen LogP contribution is -2.71. The fourth-order valence-electron chi connectivity index (χ4n) is 8.09. The minimum atomic E-state index is -2.27. The number of hydrogen-bond donors (Lipinski definition) is 3. The summed E-state index contributed by atoms with van der Waals surface area (Å²) in [6.07, 6.45) is 0.340. The zero-order valence-corrected chi connectivity index (χ0v) is 21.5. The van der Waals surface area contributed by atoms with E-state index in [1.54, 1.807) is 20.8 Å². The molecule has 4 aliphatic carbocycles. The smallest absolute Gasteiger partial charge is 0.307 e. The van der Waals surface area contributed by atoms with Crippen LogP contribution in [0.25, 0.3) is 0 Å². The van der Waals surface area contributed by atoms with Crippen molar-refractivity contribution in [3.63, 3.8) is 0 Å². The van der Waals surface area contributed by atoms with Crippen molar-refractivity contribution in [1.29, 1.82) is 0 Å². The normalized spacial score (nSPS) is 44.3. The third kappa shape index (κ3) is 3.59. The number of hydrogen-bond acceptors (Lipinski definition) is 9. The van der Waals surface area contributed by atoms with Gasteiger partial charge in [-0.25, -0.2) is 4.39 Å². The number of alkyl halides is 1. The Labute approximate surface area is 214 Å². The van der Waals surface area contributed by atoms with Gasteiger partial charge in [0, 0.05) is 22.7 Å². The number of rotatable bonds is 6. The second kappa shape index (κ2) is 9.10. The van der Waals surface area contributed by atoms with E-state index in [1.165, 1.54) is 25.3 Å². The molecule has 0 spiro atoms. The van der Waals surface area contributed by atoms with Gasteiger partial charge in [-0.2, -0.15) is 0 Å². The van der Waals surface area contributed by atoms with Crippen LogP contribution >= 0.6 is 0 Å². The fourth-order valence-corrected chi connectivity index (χ4v) is 8.09. The Morgan fingerprint density at radius 3 is 2.38 bits per heavy atom. The molecule has 0 aromatic heterocycles. The second-order valence-corrected chi connectivity index (χ2v) is 11.4. The monoisotopic (exact) mass is 522 g/mol. The minimum Gasteiger partial charge on any atom is -0.469 e. The number of allylic oxidation sites excluding steroid dienone is 3. The largest absolute Gasteiger partial charge is 0.469 e. The Morgan fingerprint density at radius 1 is 1.11 bits per heavy atom. The van der Waals surface area contributed by atoms with Crippen LogP contribution in [-0.2, 0) is 28.7 Å². The van der Waals surface area contributed by atoms with Gasteiger partial charge in [0.2, 0.25) is 5.78 Å². The number of aliphatic hydroxyl groups excluding tert-OH is 3. The van der Waals surface area contributed by atoms with E-state index >= 15 is 4.39 Å². The quantitative estimate of drug-likeness (QED) is 0.440. The Bertz CT molecular complexity index is 1080. The molecule has 10 heteroatoms. The lowest BCUT2D eigenvalue weighted by molar-refractivity contribution is -0.233. The van der Waals surface area contributed by atoms with Gasteiger partial charge in [-0.3, -0.25) is 19.2 Å². The Morgan fingerprint density at radius 2 is 1.76 bits per heavy atom. The Balaban J connectivity index is 1.78. The maximum absolute atomic E-state index is 17.4. The Hall–Kier alpha value is -2.43. The molecule has 3 N–H and O–H groups in total. The number of carbonyl (C=O) groups excluding carboxylic acids is 4. The van der Waals surface area contributed by atoms with Crippen LogP contribution < -0.4 is 0 Å².